The number of amides is 1. The van der Waals surface area contributed by atoms with Gasteiger partial charge in [-0.2, -0.15) is 0 Å². The van der Waals surface area contributed by atoms with Crippen molar-refractivity contribution < 1.29 is 9.18 Å². The molecule has 0 radical (unpaired) electrons. The van der Waals surface area contributed by atoms with Gasteiger partial charge in [-0.15, -0.1) is 0 Å². The highest BCUT2D eigenvalue weighted by atomic mass is 35.5. The minimum absolute atomic E-state index is 0.0713. The molecule has 0 N–H and O–H groups in total. The van der Waals surface area contributed by atoms with Crippen molar-refractivity contribution in [2.24, 2.45) is 5.92 Å². The van der Waals surface area contributed by atoms with Crippen LogP contribution in [0.15, 0.2) is 72.8 Å². The van der Waals surface area contributed by atoms with Gasteiger partial charge in [0.1, 0.15) is 5.82 Å². The summed E-state index contributed by atoms with van der Waals surface area (Å²) in [4.78, 5) is 22.8. The maximum atomic E-state index is 14.3. The predicted molar refractivity (Wildman–Crippen MR) is 144 cm³/mol. The lowest BCUT2D eigenvalue weighted by Gasteiger charge is -2.50. The molecule has 0 aliphatic carbocycles. The number of carbonyl (C=O) groups is 1. The van der Waals surface area contributed by atoms with Gasteiger partial charge in [0, 0.05) is 51.5 Å². The molecule has 186 valence electrons. The molecule has 3 aliphatic rings. The molecule has 3 aromatic carbocycles. The van der Waals surface area contributed by atoms with Crippen LogP contribution >= 0.6 is 11.6 Å². The number of rotatable bonds is 3. The highest BCUT2D eigenvalue weighted by molar-refractivity contribution is 6.33. The van der Waals surface area contributed by atoms with Gasteiger partial charge in [0.15, 0.2) is 0 Å². The van der Waals surface area contributed by atoms with E-state index in [1.54, 1.807) is 6.07 Å². The maximum absolute atomic E-state index is 14.3. The Balaban J connectivity index is 1.23. The summed E-state index contributed by atoms with van der Waals surface area (Å²) in [7, 11) is 0. The van der Waals surface area contributed by atoms with Crippen molar-refractivity contribution in [3.8, 4) is 0 Å². The number of halogens is 2. The molecular formula is C29H30ClFN4O. The number of hydrogen-bond acceptors (Lipinski definition) is 4. The Bertz CT molecular complexity index is 1260. The number of benzene rings is 3. The largest absolute Gasteiger partial charge is 0.366 e. The van der Waals surface area contributed by atoms with Gasteiger partial charge in [-0.1, -0.05) is 54.1 Å². The van der Waals surface area contributed by atoms with E-state index < -0.39 is 0 Å². The minimum atomic E-state index is -0.210. The van der Waals surface area contributed by atoms with Crippen molar-refractivity contribution in [3.63, 3.8) is 0 Å². The fraction of sp³-hybridized carbons (Fsp3) is 0.345. The molecule has 0 bridgehead atoms. The van der Waals surface area contributed by atoms with Crippen molar-refractivity contribution in [1.29, 1.82) is 0 Å². The van der Waals surface area contributed by atoms with Crippen molar-refractivity contribution in [2.75, 3.05) is 60.5 Å². The van der Waals surface area contributed by atoms with Gasteiger partial charge in [-0.05, 0) is 42.3 Å². The van der Waals surface area contributed by atoms with Crippen LogP contribution in [0.3, 0.4) is 0 Å². The summed E-state index contributed by atoms with van der Waals surface area (Å²) in [5.41, 5.74) is 4.13. The average Bonchev–Trinajstić information content (AvgIpc) is 2.92. The average molecular weight is 505 g/mol. The normalized spacial score (nSPS) is 21.7. The fourth-order valence-electron chi connectivity index (χ4n) is 6.08. The molecule has 7 heteroatoms. The van der Waals surface area contributed by atoms with Gasteiger partial charge in [-0.25, -0.2) is 4.39 Å². The van der Waals surface area contributed by atoms with Gasteiger partial charge < -0.3 is 19.6 Å². The zero-order valence-corrected chi connectivity index (χ0v) is 20.9. The van der Waals surface area contributed by atoms with Gasteiger partial charge in [0.25, 0.3) is 0 Å². The van der Waals surface area contributed by atoms with Gasteiger partial charge >= 0.3 is 0 Å². The van der Waals surface area contributed by atoms with E-state index in [2.05, 4.69) is 40.1 Å². The first-order chi connectivity index (χ1) is 17.6. The number of hydrogen-bond donors (Lipinski definition) is 0. The van der Waals surface area contributed by atoms with Crippen LogP contribution in [0.4, 0.5) is 21.5 Å². The SMILES string of the molecule is O=C(C1Cc2ccccc2N2CCN(c3ccccc3Cl)CC12)N1CCN(c2ccccc2F)CC1. The van der Waals surface area contributed by atoms with Crippen LogP contribution in [0.1, 0.15) is 5.56 Å². The molecule has 5 nitrogen and oxygen atoms in total. The third-order valence-corrected chi connectivity index (χ3v) is 8.24. The topological polar surface area (TPSA) is 30.0 Å². The van der Waals surface area contributed by atoms with Gasteiger partial charge in [-0.3, -0.25) is 4.79 Å². The lowest BCUT2D eigenvalue weighted by Crippen LogP contribution is -2.62. The second-order valence-electron chi connectivity index (χ2n) is 9.86. The van der Waals surface area contributed by atoms with Crippen molar-refractivity contribution in [2.45, 2.75) is 12.5 Å². The Kier molecular flexibility index (Phi) is 6.22. The number of para-hydroxylation sites is 3. The Hall–Kier alpha value is -3.25. The maximum Gasteiger partial charge on any atom is 0.228 e. The lowest BCUT2D eigenvalue weighted by atomic mass is 9.82. The number of fused-ring (bicyclic) bond motifs is 3. The molecule has 2 fully saturated rings. The van der Waals surface area contributed by atoms with Crippen molar-refractivity contribution in [3.05, 3.63) is 89.2 Å². The number of piperazine rings is 2. The third-order valence-electron chi connectivity index (χ3n) is 7.92. The molecule has 3 aliphatic heterocycles. The Morgan fingerprint density at radius 3 is 2.14 bits per heavy atom. The molecular weight excluding hydrogens is 475 g/mol. The summed E-state index contributed by atoms with van der Waals surface area (Å²) in [6.45, 7) is 4.93. The van der Waals surface area contributed by atoms with Crippen LogP contribution in [-0.4, -0.2) is 62.7 Å². The quantitative estimate of drug-likeness (QED) is 0.517. The van der Waals surface area contributed by atoms with Crippen molar-refractivity contribution >= 4 is 34.6 Å². The number of anilines is 3. The Morgan fingerprint density at radius 1 is 0.750 bits per heavy atom. The molecule has 0 saturated carbocycles. The Labute approximate surface area is 216 Å². The molecule has 0 aromatic heterocycles. The molecule has 2 saturated heterocycles. The van der Waals surface area contributed by atoms with Crippen LogP contribution in [-0.2, 0) is 11.2 Å². The van der Waals surface area contributed by atoms with E-state index in [0.29, 0.717) is 31.9 Å². The molecule has 1 amide bonds. The summed E-state index contributed by atoms with van der Waals surface area (Å²) >= 11 is 6.55. The predicted octanol–water partition coefficient (Wildman–Crippen LogP) is 4.70. The standard InChI is InChI=1S/C29H30ClFN4O/c30-23-8-2-5-11-26(23)34-17-18-35-25-10-4-1-7-21(25)19-22(28(35)20-34)29(36)33-15-13-32(14-16-33)27-12-6-3-9-24(27)31/h1-12,22,28H,13-20H2. The molecule has 36 heavy (non-hydrogen) atoms. The molecule has 3 aromatic rings. The highest BCUT2D eigenvalue weighted by Crippen LogP contribution is 2.38. The first-order valence-electron chi connectivity index (χ1n) is 12.7. The monoisotopic (exact) mass is 504 g/mol. The van der Waals surface area contributed by atoms with Crippen LogP contribution in [0.5, 0.6) is 0 Å². The van der Waals surface area contributed by atoms with E-state index in [4.69, 9.17) is 11.6 Å². The van der Waals surface area contributed by atoms with Gasteiger partial charge in [0.05, 0.1) is 28.4 Å². The highest BCUT2D eigenvalue weighted by Gasteiger charge is 2.43. The molecule has 6 rings (SSSR count). The molecule has 0 spiro atoms. The second-order valence-corrected chi connectivity index (χ2v) is 10.3. The summed E-state index contributed by atoms with van der Waals surface area (Å²) in [5.74, 6) is -0.141. The summed E-state index contributed by atoms with van der Waals surface area (Å²) in [5, 5.41) is 0.745. The minimum Gasteiger partial charge on any atom is -0.366 e. The summed E-state index contributed by atoms with van der Waals surface area (Å²) < 4.78 is 14.3. The van der Waals surface area contributed by atoms with Gasteiger partial charge in [0.2, 0.25) is 5.91 Å². The van der Waals surface area contributed by atoms with E-state index in [1.807, 2.05) is 40.1 Å². The van der Waals surface area contributed by atoms with Crippen LogP contribution in [0.2, 0.25) is 5.02 Å². The third kappa shape index (κ3) is 4.17. The second kappa shape index (κ2) is 9.66. The molecule has 3 heterocycles. The first kappa shape index (κ1) is 23.2. The fourth-order valence-corrected chi connectivity index (χ4v) is 6.33. The van der Waals surface area contributed by atoms with E-state index in [9.17, 15) is 9.18 Å². The van der Waals surface area contributed by atoms with E-state index in [1.165, 1.54) is 17.3 Å². The summed E-state index contributed by atoms with van der Waals surface area (Å²) in [6.07, 6.45) is 0.736. The zero-order valence-electron chi connectivity index (χ0n) is 20.2. The van der Waals surface area contributed by atoms with Crippen LogP contribution < -0.4 is 14.7 Å². The molecule has 2 atom stereocenters. The Morgan fingerprint density at radius 2 is 1.39 bits per heavy atom. The number of carbonyl (C=O) groups excluding carboxylic acids is 1. The first-order valence-corrected chi connectivity index (χ1v) is 13.1. The smallest absolute Gasteiger partial charge is 0.228 e. The van der Waals surface area contributed by atoms with Crippen molar-refractivity contribution in [1.82, 2.24) is 4.90 Å². The van der Waals surface area contributed by atoms with E-state index >= 15 is 0 Å². The van der Waals surface area contributed by atoms with E-state index in [0.717, 1.165) is 36.8 Å². The van der Waals surface area contributed by atoms with E-state index in [-0.39, 0.29) is 23.7 Å². The number of nitrogens with zero attached hydrogens (tertiary/aromatic N) is 4. The molecule has 2 unspecified atom stereocenters. The summed E-state index contributed by atoms with van der Waals surface area (Å²) in [6, 6.07) is 23.4. The zero-order chi connectivity index (χ0) is 24.6. The van der Waals surface area contributed by atoms with Crippen LogP contribution in [0.25, 0.3) is 0 Å². The lowest BCUT2D eigenvalue weighted by molar-refractivity contribution is -0.136. The van der Waals surface area contributed by atoms with Crippen LogP contribution in [0, 0.1) is 11.7 Å².